The molecule has 0 bridgehead atoms. The number of methoxy groups -OCH3 is 3. The Bertz CT molecular complexity index is 1050. The molecule has 0 spiro atoms. The molecule has 0 aliphatic rings. The Kier molecular flexibility index (Phi) is 11.0. The van der Waals surface area contributed by atoms with Gasteiger partial charge >= 0.3 is 0 Å². The fourth-order valence-electron chi connectivity index (χ4n) is 4.12. The summed E-state index contributed by atoms with van der Waals surface area (Å²) in [6.07, 6.45) is 0.997. The predicted octanol–water partition coefficient (Wildman–Crippen LogP) is 2.88. The van der Waals surface area contributed by atoms with Crippen molar-refractivity contribution in [2.24, 2.45) is 0 Å². The van der Waals surface area contributed by atoms with Crippen LogP contribution >= 0.6 is 0 Å². The monoisotopic (exact) mass is 502 g/mol. The molecule has 36 heavy (non-hydrogen) atoms. The Balaban J connectivity index is 2.51. The summed E-state index contributed by atoms with van der Waals surface area (Å²) in [6.45, 7) is 3.92. The highest BCUT2D eigenvalue weighted by atomic mass is 16.5. The fourth-order valence-corrected chi connectivity index (χ4v) is 4.12. The number of hydrogen-bond acceptors (Lipinski definition) is 8. The van der Waals surface area contributed by atoms with Gasteiger partial charge in [-0.1, -0.05) is 6.92 Å². The van der Waals surface area contributed by atoms with Crippen LogP contribution in [0, 0.1) is 0 Å². The number of nitrogens with zero attached hydrogens (tertiary/aromatic N) is 2. The number of carbonyl (C=O) groups excluding carboxylic acids is 2. The summed E-state index contributed by atoms with van der Waals surface area (Å²) in [6, 6.07) is 5.85. The summed E-state index contributed by atoms with van der Waals surface area (Å²) in [7, 11) is 8.47. The first-order valence-corrected chi connectivity index (χ1v) is 11.9. The van der Waals surface area contributed by atoms with Crippen molar-refractivity contribution >= 4 is 11.7 Å². The molecule has 0 atom stereocenters. The molecule has 0 aliphatic carbocycles. The van der Waals surface area contributed by atoms with Crippen LogP contribution in [0.15, 0.2) is 24.3 Å². The smallest absolute Gasteiger partial charge is 0.227 e. The zero-order valence-electron chi connectivity index (χ0n) is 22.1. The molecule has 0 heterocycles. The van der Waals surface area contributed by atoms with E-state index >= 15 is 0 Å². The Hall–Kier alpha value is -3.30. The van der Waals surface area contributed by atoms with E-state index in [0.717, 1.165) is 19.0 Å². The normalized spacial score (nSPS) is 11.0. The molecule has 0 saturated carbocycles. The minimum atomic E-state index is -0.484. The maximum atomic E-state index is 13.6. The minimum absolute atomic E-state index is 0.00907. The number of phenols is 2. The largest absolute Gasteiger partial charge is 0.508 e. The number of ketones is 1. The van der Waals surface area contributed by atoms with Crippen LogP contribution in [0.4, 0.5) is 0 Å². The first-order valence-electron chi connectivity index (χ1n) is 11.9. The molecule has 2 aromatic carbocycles. The number of aromatic hydroxyl groups is 2. The molecule has 0 aromatic heterocycles. The highest BCUT2D eigenvalue weighted by Gasteiger charge is 2.27. The van der Waals surface area contributed by atoms with Crippen LogP contribution < -0.4 is 9.47 Å². The van der Waals surface area contributed by atoms with E-state index < -0.39 is 5.78 Å². The predicted molar refractivity (Wildman–Crippen MR) is 137 cm³/mol. The van der Waals surface area contributed by atoms with Crippen LogP contribution in [0.5, 0.6) is 23.0 Å². The fraction of sp³-hybridized carbons (Fsp3) is 0.481. The summed E-state index contributed by atoms with van der Waals surface area (Å²) in [5.74, 6) is -0.420. The van der Waals surface area contributed by atoms with Gasteiger partial charge in [0.15, 0.2) is 17.3 Å². The molecular weight excluding hydrogens is 464 g/mol. The van der Waals surface area contributed by atoms with Gasteiger partial charge in [0.05, 0.1) is 32.8 Å². The first kappa shape index (κ1) is 28.9. The van der Waals surface area contributed by atoms with Gasteiger partial charge in [-0.15, -0.1) is 0 Å². The van der Waals surface area contributed by atoms with E-state index in [0.29, 0.717) is 48.7 Å². The zero-order valence-corrected chi connectivity index (χ0v) is 22.1. The van der Waals surface area contributed by atoms with Gasteiger partial charge in [-0.2, -0.15) is 0 Å². The molecule has 9 heteroatoms. The number of hydrogen-bond donors (Lipinski definition) is 2. The Morgan fingerprint density at radius 2 is 1.58 bits per heavy atom. The van der Waals surface area contributed by atoms with Crippen LogP contribution in [-0.2, 0) is 22.4 Å². The van der Waals surface area contributed by atoms with E-state index in [4.69, 9.17) is 14.2 Å². The third-order valence-corrected chi connectivity index (χ3v) is 6.01. The van der Waals surface area contributed by atoms with Gasteiger partial charge in [0.25, 0.3) is 0 Å². The molecule has 0 unspecified atom stereocenters. The van der Waals surface area contributed by atoms with Gasteiger partial charge in [-0.05, 0) is 62.8 Å². The van der Waals surface area contributed by atoms with E-state index in [2.05, 4.69) is 0 Å². The highest BCUT2D eigenvalue weighted by molar-refractivity contribution is 6.12. The van der Waals surface area contributed by atoms with Crippen molar-refractivity contribution in [3.8, 4) is 23.0 Å². The summed E-state index contributed by atoms with van der Waals surface area (Å²) < 4.78 is 15.8. The maximum Gasteiger partial charge on any atom is 0.227 e. The number of amides is 1. The molecule has 0 radical (unpaired) electrons. The second kappa shape index (κ2) is 13.7. The summed E-state index contributed by atoms with van der Waals surface area (Å²) in [5.41, 5.74) is 1.01. The molecule has 9 nitrogen and oxygen atoms in total. The highest BCUT2D eigenvalue weighted by Crippen LogP contribution is 2.36. The van der Waals surface area contributed by atoms with Crippen molar-refractivity contribution in [3.63, 3.8) is 0 Å². The number of benzene rings is 2. The zero-order chi connectivity index (χ0) is 26.8. The molecule has 2 aromatic rings. The van der Waals surface area contributed by atoms with Gasteiger partial charge in [0.2, 0.25) is 5.91 Å². The lowest BCUT2D eigenvalue weighted by molar-refractivity contribution is -0.131. The van der Waals surface area contributed by atoms with E-state index in [1.807, 2.05) is 25.9 Å². The van der Waals surface area contributed by atoms with Crippen LogP contribution in [0.25, 0.3) is 0 Å². The van der Waals surface area contributed by atoms with Gasteiger partial charge < -0.3 is 34.2 Å². The topological polar surface area (TPSA) is 109 Å². The third kappa shape index (κ3) is 7.11. The lowest BCUT2D eigenvalue weighted by Crippen LogP contribution is -2.37. The quantitative estimate of drug-likeness (QED) is 0.380. The maximum absolute atomic E-state index is 13.6. The molecular formula is C27H38N2O7. The molecule has 1 amide bonds. The average Bonchev–Trinajstić information content (AvgIpc) is 2.85. The van der Waals surface area contributed by atoms with Crippen molar-refractivity contribution in [3.05, 3.63) is 46.5 Å². The number of carbonyl (C=O) groups is 2. The SMILES string of the molecule is CCc1c(O)cc(O)c(C(=O)c2ccc(OC)c(OC)c2)c1CC(=O)N(CCCN(C)C)CCOC. The van der Waals surface area contributed by atoms with Crippen molar-refractivity contribution in [1.82, 2.24) is 9.80 Å². The standard InChI is InChI=1S/C27H38N2O7/c1-7-19-20(16-25(32)29(13-14-34-4)12-8-11-28(2)3)26(22(31)17-21(19)30)27(33)18-9-10-23(35-5)24(15-18)36-6/h9-10,15,17,30-31H,7-8,11-14,16H2,1-6H3. The minimum Gasteiger partial charge on any atom is -0.508 e. The second-order valence-electron chi connectivity index (χ2n) is 8.71. The number of phenolic OH excluding ortho intramolecular Hbond substituents is 2. The van der Waals surface area contributed by atoms with Crippen LogP contribution in [0.1, 0.15) is 40.4 Å². The summed E-state index contributed by atoms with van der Waals surface area (Å²) >= 11 is 0. The van der Waals surface area contributed by atoms with Gasteiger partial charge in [0, 0.05) is 31.8 Å². The third-order valence-electron chi connectivity index (χ3n) is 6.01. The molecule has 2 rings (SSSR count). The van der Waals surface area contributed by atoms with E-state index in [1.54, 1.807) is 24.1 Å². The lowest BCUT2D eigenvalue weighted by Gasteiger charge is -2.25. The van der Waals surface area contributed by atoms with E-state index in [1.165, 1.54) is 20.3 Å². The van der Waals surface area contributed by atoms with E-state index in [9.17, 15) is 19.8 Å². The van der Waals surface area contributed by atoms with Crippen molar-refractivity contribution in [2.45, 2.75) is 26.2 Å². The van der Waals surface area contributed by atoms with Crippen LogP contribution in [0.3, 0.4) is 0 Å². The first-order chi connectivity index (χ1) is 17.2. The van der Waals surface area contributed by atoms with Crippen molar-refractivity contribution < 1.29 is 34.0 Å². The average molecular weight is 503 g/mol. The number of ether oxygens (including phenoxy) is 3. The molecule has 0 saturated heterocycles. The Morgan fingerprint density at radius 3 is 2.17 bits per heavy atom. The molecule has 198 valence electrons. The summed E-state index contributed by atoms with van der Waals surface area (Å²) in [5, 5.41) is 21.3. The van der Waals surface area contributed by atoms with E-state index in [-0.39, 0.29) is 35.0 Å². The van der Waals surface area contributed by atoms with Crippen molar-refractivity contribution in [1.29, 1.82) is 0 Å². The Labute approximate surface area is 213 Å². The molecule has 0 fully saturated rings. The molecule has 0 aliphatic heterocycles. The van der Waals surface area contributed by atoms with Crippen LogP contribution in [-0.4, -0.2) is 93.4 Å². The Morgan fingerprint density at radius 1 is 0.889 bits per heavy atom. The second-order valence-corrected chi connectivity index (χ2v) is 8.71. The van der Waals surface area contributed by atoms with Gasteiger partial charge in [-0.25, -0.2) is 0 Å². The summed E-state index contributed by atoms with van der Waals surface area (Å²) in [4.78, 5) is 30.8. The van der Waals surface area contributed by atoms with Crippen LogP contribution in [0.2, 0.25) is 0 Å². The van der Waals surface area contributed by atoms with Crippen molar-refractivity contribution in [2.75, 3.05) is 61.7 Å². The lowest BCUT2D eigenvalue weighted by atomic mass is 9.89. The molecule has 2 N–H and O–H groups in total. The van der Waals surface area contributed by atoms with Gasteiger partial charge in [-0.3, -0.25) is 9.59 Å². The van der Waals surface area contributed by atoms with Gasteiger partial charge in [0.1, 0.15) is 11.5 Å². The number of rotatable bonds is 14.